The molecule has 1 N–H and O–H groups in total. The van der Waals surface area contributed by atoms with Crippen molar-refractivity contribution >= 4 is 15.9 Å². The van der Waals surface area contributed by atoms with Crippen LogP contribution >= 0.6 is 15.9 Å². The molecule has 0 saturated heterocycles. The van der Waals surface area contributed by atoms with Gasteiger partial charge < -0.3 is 5.32 Å². The number of rotatable bonds is 5. The van der Waals surface area contributed by atoms with E-state index in [0.717, 1.165) is 28.9 Å². The van der Waals surface area contributed by atoms with Crippen LogP contribution in [-0.2, 0) is 0 Å². The summed E-state index contributed by atoms with van der Waals surface area (Å²) < 4.78 is 14.8. The largest absolute Gasteiger partial charge is 0.310 e. The highest BCUT2D eigenvalue weighted by Gasteiger charge is 2.25. The van der Waals surface area contributed by atoms with Gasteiger partial charge in [0.15, 0.2) is 0 Å². The Labute approximate surface area is 111 Å². The lowest BCUT2D eigenvalue weighted by Crippen LogP contribution is -2.27. The van der Waals surface area contributed by atoms with Gasteiger partial charge in [0.25, 0.3) is 0 Å². The highest BCUT2D eigenvalue weighted by molar-refractivity contribution is 9.10. The predicted octanol–water partition coefficient (Wildman–Crippen LogP) is 4.43. The Balaban J connectivity index is 2.18. The highest BCUT2D eigenvalue weighted by atomic mass is 79.9. The Bertz CT molecular complexity index is 356. The summed E-state index contributed by atoms with van der Waals surface area (Å²) in [7, 11) is 0. The molecule has 0 bridgehead atoms. The molecule has 0 aliphatic heterocycles. The molecule has 1 aliphatic rings. The summed E-state index contributed by atoms with van der Waals surface area (Å²) in [5.41, 5.74) is 0.793. The SMILES string of the molecule is CCNC(CC1CCC1)c1c(F)cccc1Br. The molecule has 0 heterocycles. The first-order chi connectivity index (χ1) is 8.22. The molecule has 2 rings (SSSR count). The predicted molar refractivity (Wildman–Crippen MR) is 72.5 cm³/mol. The van der Waals surface area contributed by atoms with E-state index in [1.807, 2.05) is 6.07 Å². The average molecular weight is 300 g/mol. The molecule has 0 spiro atoms. The fourth-order valence-corrected chi connectivity index (χ4v) is 3.07. The summed E-state index contributed by atoms with van der Waals surface area (Å²) >= 11 is 3.47. The Kier molecular flexibility index (Phi) is 4.57. The molecule has 1 aromatic carbocycles. The molecule has 1 saturated carbocycles. The second-order valence-electron chi connectivity index (χ2n) is 4.78. The van der Waals surface area contributed by atoms with Crippen LogP contribution in [0.2, 0.25) is 0 Å². The van der Waals surface area contributed by atoms with Crippen LogP contribution in [-0.4, -0.2) is 6.54 Å². The molecule has 3 heteroatoms. The second kappa shape index (κ2) is 5.96. The van der Waals surface area contributed by atoms with E-state index in [0.29, 0.717) is 0 Å². The molecule has 0 amide bonds. The molecular weight excluding hydrogens is 281 g/mol. The summed E-state index contributed by atoms with van der Waals surface area (Å²) in [6.07, 6.45) is 4.98. The minimum Gasteiger partial charge on any atom is -0.310 e. The minimum atomic E-state index is -0.107. The third-order valence-corrected chi connectivity index (χ3v) is 4.28. The van der Waals surface area contributed by atoms with E-state index >= 15 is 0 Å². The molecule has 1 atom stereocenters. The van der Waals surface area contributed by atoms with Gasteiger partial charge >= 0.3 is 0 Å². The normalized spacial score (nSPS) is 17.8. The van der Waals surface area contributed by atoms with E-state index in [-0.39, 0.29) is 11.9 Å². The standard InChI is InChI=1S/C14H19BrFN/c1-2-17-13(9-10-5-3-6-10)14-11(15)7-4-8-12(14)16/h4,7-8,10,13,17H,2-3,5-6,9H2,1H3. The molecule has 1 unspecified atom stereocenters. The van der Waals surface area contributed by atoms with E-state index in [9.17, 15) is 4.39 Å². The molecule has 94 valence electrons. The van der Waals surface area contributed by atoms with Crippen molar-refractivity contribution in [1.82, 2.24) is 5.32 Å². The molecule has 1 fully saturated rings. The summed E-state index contributed by atoms with van der Waals surface area (Å²) in [6.45, 7) is 2.95. The molecular formula is C14H19BrFN. The van der Waals surface area contributed by atoms with Gasteiger partial charge in [0, 0.05) is 16.1 Å². The van der Waals surface area contributed by atoms with Gasteiger partial charge in [-0.05, 0) is 31.0 Å². The second-order valence-corrected chi connectivity index (χ2v) is 5.63. The maximum atomic E-state index is 13.9. The molecule has 1 aromatic rings. The van der Waals surface area contributed by atoms with E-state index in [2.05, 4.69) is 28.2 Å². The first kappa shape index (κ1) is 13.0. The minimum absolute atomic E-state index is 0.107. The maximum absolute atomic E-state index is 13.9. The van der Waals surface area contributed by atoms with Gasteiger partial charge in [0.2, 0.25) is 0 Å². The van der Waals surface area contributed by atoms with E-state index < -0.39 is 0 Å². The average Bonchev–Trinajstić information content (AvgIpc) is 2.22. The van der Waals surface area contributed by atoms with Crippen molar-refractivity contribution in [2.24, 2.45) is 5.92 Å². The number of halogens is 2. The Morgan fingerprint density at radius 2 is 2.24 bits per heavy atom. The van der Waals surface area contributed by atoms with Crippen LogP contribution in [0.5, 0.6) is 0 Å². The zero-order chi connectivity index (χ0) is 12.3. The van der Waals surface area contributed by atoms with Crippen molar-refractivity contribution in [1.29, 1.82) is 0 Å². The van der Waals surface area contributed by atoms with Gasteiger partial charge in [-0.3, -0.25) is 0 Å². The number of hydrogen-bond acceptors (Lipinski definition) is 1. The zero-order valence-electron chi connectivity index (χ0n) is 10.2. The van der Waals surface area contributed by atoms with E-state index in [1.165, 1.54) is 19.3 Å². The van der Waals surface area contributed by atoms with E-state index in [4.69, 9.17) is 0 Å². The highest BCUT2D eigenvalue weighted by Crippen LogP contribution is 2.37. The fourth-order valence-electron chi connectivity index (χ4n) is 2.46. The number of benzene rings is 1. The van der Waals surface area contributed by atoms with Gasteiger partial charge in [-0.1, -0.05) is 48.2 Å². The van der Waals surface area contributed by atoms with Gasteiger partial charge in [0.1, 0.15) is 5.82 Å². The van der Waals surface area contributed by atoms with Gasteiger partial charge in [0.05, 0.1) is 0 Å². The lowest BCUT2D eigenvalue weighted by molar-refractivity contribution is 0.260. The van der Waals surface area contributed by atoms with Crippen LogP contribution in [0.4, 0.5) is 4.39 Å². The van der Waals surface area contributed by atoms with Crippen molar-refractivity contribution in [3.05, 3.63) is 34.1 Å². The number of nitrogens with one attached hydrogen (secondary N) is 1. The van der Waals surface area contributed by atoms with Crippen molar-refractivity contribution < 1.29 is 4.39 Å². The maximum Gasteiger partial charge on any atom is 0.129 e. The van der Waals surface area contributed by atoms with Crippen LogP contribution in [0.25, 0.3) is 0 Å². The molecule has 1 nitrogen and oxygen atoms in total. The summed E-state index contributed by atoms with van der Waals surface area (Å²) in [5, 5.41) is 3.41. The summed E-state index contributed by atoms with van der Waals surface area (Å²) in [5.74, 6) is 0.662. The number of hydrogen-bond donors (Lipinski definition) is 1. The van der Waals surface area contributed by atoms with Gasteiger partial charge in [-0.15, -0.1) is 0 Å². The zero-order valence-corrected chi connectivity index (χ0v) is 11.8. The van der Waals surface area contributed by atoms with Crippen LogP contribution in [0, 0.1) is 11.7 Å². The smallest absolute Gasteiger partial charge is 0.129 e. The van der Waals surface area contributed by atoms with Crippen molar-refractivity contribution in [3.63, 3.8) is 0 Å². The lowest BCUT2D eigenvalue weighted by Gasteiger charge is -2.30. The van der Waals surface area contributed by atoms with Crippen molar-refractivity contribution in [3.8, 4) is 0 Å². The summed E-state index contributed by atoms with van der Waals surface area (Å²) in [4.78, 5) is 0. The Morgan fingerprint density at radius 1 is 1.47 bits per heavy atom. The van der Waals surface area contributed by atoms with Crippen LogP contribution in [0.15, 0.2) is 22.7 Å². The van der Waals surface area contributed by atoms with Gasteiger partial charge in [-0.2, -0.15) is 0 Å². The first-order valence-corrected chi connectivity index (χ1v) is 7.19. The molecule has 1 aliphatic carbocycles. The van der Waals surface area contributed by atoms with E-state index in [1.54, 1.807) is 12.1 Å². The van der Waals surface area contributed by atoms with Crippen LogP contribution in [0.1, 0.15) is 44.2 Å². The van der Waals surface area contributed by atoms with Gasteiger partial charge in [-0.25, -0.2) is 4.39 Å². The quantitative estimate of drug-likeness (QED) is 0.848. The van der Waals surface area contributed by atoms with Crippen LogP contribution < -0.4 is 5.32 Å². The third kappa shape index (κ3) is 3.08. The first-order valence-electron chi connectivity index (χ1n) is 6.39. The molecule has 0 aromatic heterocycles. The lowest BCUT2D eigenvalue weighted by atomic mass is 9.79. The molecule has 17 heavy (non-hydrogen) atoms. The van der Waals surface area contributed by atoms with Crippen molar-refractivity contribution in [2.75, 3.05) is 6.54 Å². The molecule has 0 radical (unpaired) electrons. The van der Waals surface area contributed by atoms with Crippen molar-refractivity contribution in [2.45, 2.75) is 38.6 Å². The third-order valence-electron chi connectivity index (χ3n) is 3.59. The van der Waals surface area contributed by atoms with Crippen LogP contribution in [0.3, 0.4) is 0 Å². The Morgan fingerprint density at radius 3 is 2.76 bits per heavy atom. The fraction of sp³-hybridized carbons (Fsp3) is 0.571. The monoisotopic (exact) mass is 299 g/mol. The topological polar surface area (TPSA) is 12.0 Å². The summed E-state index contributed by atoms with van der Waals surface area (Å²) in [6, 6.07) is 5.35. The Hall–Kier alpha value is -0.410.